The number of amides is 2. The van der Waals surface area contributed by atoms with Gasteiger partial charge in [0.25, 0.3) is 5.91 Å². The lowest BCUT2D eigenvalue weighted by atomic mass is 10.1. The lowest BCUT2D eigenvalue weighted by Crippen LogP contribution is -2.21. The molecule has 0 fully saturated rings. The van der Waals surface area contributed by atoms with Gasteiger partial charge in [-0.1, -0.05) is 18.2 Å². The molecule has 0 aliphatic carbocycles. The molecule has 3 N–H and O–H groups in total. The van der Waals surface area contributed by atoms with Gasteiger partial charge in [-0.05, 0) is 30.3 Å². The van der Waals surface area contributed by atoms with E-state index in [1.165, 1.54) is 23.9 Å². The first-order valence-electron chi connectivity index (χ1n) is 7.47. The van der Waals surface area contributed by atoms with E-state index in [0.717, 1.165) is 0 Å². The van der Waals surface area contributed by atoms with E-state index >= 15 is 0 Å². The lowest BCUT2D eigenvalue weighted by molar-refractivity contribution is -0.119. The molecular formula is C18H15N3O4S. The summed E-state index contributed by atoms with van der Waals surface area (Å²) in [6, 6.07) is 14.8. The van der Waals surface area contributed by atoms with Crippen LogP contribution in [0.4, 0.5) is 5.69 Å². The van der Waals surface area contributed by atoms with Crippen LogP contribution in [0, 0.1) is 11.3 Å². The molecule has 0 atom stereocenters. The Balaban J connectivity index is 1.94. The predicted octanol–water partition coefficient (Wildman–Crippen LogP) is 1.93. The molecular weight excluding hydrogens is 354 g/mol. The average molecular weight is 369 g/mol. The van der Waals surface area contributed by atoms with Gasteiger partial charge in [0.2, 0.25) is 5.91 Å². The van der Waals surface area contributed by atoms with Crippen LogP contribution >= 0.6 is 11.8 Å². The van der Waals surface area contributed by atoms with Gasteiger partial charge in [-0.3, -0.25) is 9.59 Å². The summed E-state index contributed by atoms with van der Waals surface area (Å²) in [5.41, 5.74) is 6.13. The highest BCUT2D eigenvalue weighted by Crippen LogP contribution is 2.26. The fourth-order valence-corrected chi connectivity index (χ4v) is 2.71. The summed E-state index contributed by atoms with van der Waals surface area (Å²) in [6.07, 6.45) is 0. The maximum Gasteiger partial charge on any atom is 0.338 e. The van der Waals surface area contributed by atoms with E-state index in [0.29, 0.717) is 16.1 Å². The van der Waals surface area contributed by atoms with Crippen molar-refractivity contribution in [3.05, 3.63) is 59.7 Å². The monoisotopic (exact) mass is 369 g/mol. The number of primary amides is 1. The summed E-state index contributed by atoms with van der Waals surface area (Å²) in [4.78, 5) is 35.5. The number of esters is 1. The van der Waals surface area contributed by atoms with Crippen molar-refractivity contribution in [2.24, 2.45) is 5.73 Å². The molecule has 0 spiro atoms. The number of nitrogens with two attached hydrogens (primary N) is 1. The molecule has 7 nitrogen and oxygen atoms in total. The van der Waals surface area contributed by atoms with Crippen LogP contribution in [0.25, 0.3) is 0 Å². The van der Waals surface area contributed by atoms with Gasteiger partial charge >= 0.3 is 5.97 Å². The van der Waals surface area contributed by atoms with E-state index < -0.39 is 24.4 Å². The Morgan fingerprint density at radius 1 is 1.15 bits per heavy atom. The summed E-state index contributed by atoms with van der Waals surface area (Å²) in [5, 5.41) is 11.5. The zero-order valence-electron chi connectivity index (χ0n) is 13.6. The van der Waals surface area contributed by atoms with Crippen molar-refractivity contribution in [1.82, 2.24) is 0 Å². The number of nitriles is 1. The molecule has 2 aromatic carbocycles. The number of nitrogens with one attached hydrogen (secondary N) is 1. The molecule has 0 unspecified atom stereocenters. The molecule has 2 rings (SSSR count). The number of hydrogen-bond acceptors (Lipinski definition) is 6. The van der Waals surface area contributed by atoms with Gasteiger partial charge in [-0.15, -0.1) is 11.8 Å². The number of nitrogens with zero attached hydrogens (tertiary/aromatic N) is 1. The number of thioether (sulfide) groups is 1. The number of anilines is 1. The third-order valence-corrected chi connectivity index (χ3v) is 4.19. The Labute approximate surface area is 154 Å². The number of benzene rings is 2. The van der Waals surface area contributed by atoms with E-state index in [1.54, 1.807) is 36.4 Å². The number of carbonyl (C=O) groups is 3. The van der Waals surface area contributed by atoms with Gasteiger partial charge < -0.3 is 15.8 Å². The minimum atomic E-state index is -0.700. The minimum Gasteiger partial charge on any atom is -0.452 e. The summed E-state index contributed by atoms with van der Waals surface area (Å²) in [6.45, 7) is -0.482. The second-order valence-corrected chi connectivity index (χ2v) is 6.09. The molecule has 0 radical (unpaired) electrons. The number of carbonyl (C=O) groups excluding carboxylic acids is 3. The van der Waals surface area contributed by atoms with Crippen molar-refractivity contribution >= 4 is 35.2 Å². The molecule has 132 valence electrons. The van der Waals surface area contributed by atoms with Crippen molar-refractivity contribution in [3.63, 3.8) is 0 Å². The average Bonchev–Trinajstić information content (AvgIpc) is 2.65. The highest BCUT2D eigenvalue weighted by molar-refractivity contribution is 8.00. The highest BCUT2D eigenvalue weighted by atomic mass is 32.2. The zero-order chi connectivity index (χ0) is 18.9. The largest absolute Gasteiger partial charge is 0.452 e. The molecule has 0 heterocycles. The topological polar surface area (TPSA) is 122 Å². The first kappa shape index (κ1) is 19.0. The van der Waals surface area contributed by atoms with E-state index in [-0.39, 0.29) is 11.3 Å². The molecule has 2 aromatic rings. The van der Waals surface area contributed by atoms with Gasteiger partial charge in [0.05, 0.1) is 28.6 Å². The Bertz CT molecular complexity index is 877. The number of hydrogen-bond donors (Lipinski definition) is 2. The van der Waals surface area contributed by atoms with Gasteiger partial charge in [-0.2, -0.15) is 5.26 Å². The van der Waals surface area contributed by atoms with Crippen LogP contribution in [0.1, 0.15) is 15.9 Å². The minimum absolute atomic E-state index is 0.0805. The normalized spacial score (nSPS) is 9.81. The molecule has 0 aliphatic heterocycles. The summed E-state index contributed by atoms with van der Waals surface area (Å²) < 4.78 is 4.96. The van der Waals surface area contributed by atoms with Gasteiger partial charge in [0.15, 0.2) is 6.61 Å². The van der Waals surface area contributed by atoms with Crippen LogP contribution in [0.3, 0.4) is 0 Å². The van der Waals surface area contributed by atoms with Crippen molar-refractivity contribution in [3.8, 4) is 6.07 Å². The molecule has 0 aliphatic rings. The summed E-state index contributed by atoms with van der Waals surface area (Å²) in [7, 11) is 0. The predicted molar refractivity (Wildman–Crippen MR) is 96.4 cm³/mol. The van der Waals surface area contributed by atoms with Crippen LogP contribution in [0.15, 0.2) is 53.4 Å². The quantitative estimate of drug-likeness (QED) is 0.568. The molecule has 0 saturated heterocycles. The molecule has 0 aromatic heterocycles. The van der Waals surface area contributed by atoms with Gasteiger partial charge in [-0.25, -0.2) is 4.79 Å². The molecule has 0 saturated carbocycles. The second-order valence-electron chi connectivity index (χ2n) is 5.07. The smallest absolute Gasteiger partial charge is 0.338 e. The van der Waals surface area contributed by atoms with E-state index in [2.05, 4.69) is 5.32 Å². The third-order valence-electron chi connectivity index (χ3n) is 3.09. The first-order chi connectivity index (χ1) is 12.5. The van der Waals surface area contributed by atoms with Crippen LogP contribution in [0.2, 0.25) is 0 Å². The maximum absolute atomic E-state index is 12.0. The Kier molecular flexibility index (Phi) is 6.76. The number of para-hydroxylation sites is 1. The van der Waals surface area contributed by atoms with Crippen LogP contribution < -0.4 is 11.1 Å². The van der Waals surface area contributed by atoms with Crippen molar-refractivity contribution in [1.29, 1.82) is 5.26 Å². The maximum atomic E-state index is 12.0. The summed E-state index contributed by atoms with van der Waals surface area (Å²) in [5.74, 6) is -1.61. The van der Waals surface area contributed by atoms with Crippen molar-refractivity contribution in [2.45, 2.75) is 4.90 Å². The van der Waals surface area contributed by atoms with E-state index in [1.807, 2.05) is 6.07 Å². The standard InChI is InChI=1S/C18H15N3O4S/c19-9-12-4-3-5-13(8-12)18(24)25-10-17(23)21-14-6-1-2-7-15(14)26-11-16(20)22/h1-8H,10-11H2,(H2,20,22)(H,21,23). The molecule has 2 amide bonds. The van der Waals surface area contributed by atoms with Gasteiger partial charge in [0, 0.05) is 4.90 Å². The molecule has 0 bridgehead atoms. The Hall–Kier alpha value is -3.31. The van der Waals surface area contributed by atoms with E-state index in [4.69, 9.17) is 15.7 Å². The van der Waals surface area contributed by atoms with Crippen molar-refractivity contribution < 1.29 is 19.1 Å². The highest BCUT2D eigenvalue weighted by Gasteiger charge is 2.12. The Morgan fingerprint density at radius 3 is 2.65 bits per heavy atom. The zero-order valence-corrected chi connectivity index (χ0v) is 14.4. The first-order valence-corrected chi connectivity index (χ1v) is 8.45. The number of rotatable bonds is 7. The summed E-state index contributed by atoms with van der Waals surface area (Å²) >= 11 is 1.19. The van der Waals surface area contributed by atoms with Crippen LogP contribution in [0.5, 0.6) is 0 Å². The molecule has 26 heavy (non-hydrogen) atoms. The van der Waals surface area contributed by atoms with Crippen LogP contribution in [-0.2, 0) is 14.3 Å². The van der Waals surface area contributed by atoms with Gasteiger partial charge in [0.1, 0.15) is 0 Å². The fourth-order valence-electron chi connectivity index (χ4n) is 1.96. The Morgan fingerprint density at radius 2 is 1.92 bits per heavy atom. The van der Waals surface area contributed by atoms with Crippen molar-refractivity contribution in [2.75, 3.05) is 17.7 Å². The number of ether oxygens (including phenoxy) is 1. The second kappa shape index (κ2) is 9.25. The fraction of sp³-hybridized carbons (Fsp3) is 0.111. The lowest BCUT2D eigenvalue weighted by Gasteiger charge is -2.10. The van der Waals surface area contributed by atoms with E-state index in [9.17, 15) is 14.4 Å². The van der Waals surface area contributed by atoms with Crippen LogP contribution in [-0.4, -0.2) is 30.1 Å². The SMILES string of the molecule is N#Cc1cccc(C(=O)OCC(=O)Nc2ccccc2SCC(N)=O)c1. The third kappa shape index (κ3) is 5.65. The molecule has 8 heteroatoms.